The fourth-order valence-corrected chi connectivity index (χ4v) is 0.739. The molecule has 0 bridgehead atoms. The van der Waals surface area contributed by atoms with Crippen molar-refractivity contribution in [3.8, 4) is 0 Å². The van der Waals surface area contributed by atoms with Crippen LogP contribution >= 0.6 is 0 Å². The van der Waals surface area contributed by atoms with E-state index in [1.165, 1.54) is 0 Å². The summed E-state index contributed by atoms with van der Waals surface area (Å²) in [6.45, 7) is 1.10. The zero-order chi connectivity index (χ0) is 5.98. The Hall–Kier alpha value is -0.120. The second kappa shape index (κ2) is 2.44. The van der Waals surface area contributed by atoms with Gasteiger partial charge in [-0.3, -0.25) is 0 Å². The molecule has 8 heavy (non-hydrogen) atoms. The third-order valence-corrected chi connectivity index (χ3v) is 1.38. The molecule has 0 saturated carbocycles. The monoisotopic (exact) mass is 117 g/mol. The van der Waals surface area contributed by atoms with Gasteiger partial charge in [-0.15, -0.1) is 0 Å². The fraction of sp³-hybridized carbons (Fsp3) is 1.00. The van der Waals surface area contributed by atoms with E-state index in [-0.39, 0.29) is 6.04 Å². The van der Waals surface area contributed by atoms with Crippen LogP contribution in [0.25, 0.3) is 0 Å². The molecule has 3 heteroatoms. The van der Waals surface area contributed by atoms with Crippen LogP contribution in [0.1, 0.15) is 6.42 Å². The topological polar surface area (TPSA) is 55.5 Å². The molecule has 0 spiro atoms. The second-order valence-corrected chi connectivity index (χ2v) is 2.09. The Bertz CT molecular complexity index is 66.8. The lowest BCUT2D eigenvalue weighted by molar-refractivity contribution is -0.0182. The summed E-state index contributed by atoms with van der Waals surface area (Å²) in [4.78, 5) is 0. The molecule has 1 saturated heterocycles. The standard InChI is InChI=1S/C5H11NO2/c6-4-1-2-8-3-5(4)7/h4-5,7H,1-3,6H2/t4-,5-/m1/s1. The quantitative estimate of drug-likeness (QED) is 0.432. The smallest absolute Gasteiger partial charge is 0.0924 e. The molecule has 0 aromatic carbocycles. The predicted octanol–water partition coefficient (Wildman–Crippen LogP) is -0.905. The van der Waals surface area contributed by atoms with Crippen LogP contribution in [-0.4, -0.2) is 30.5 Å². The van der Waals surface area contributed by atoms with Crippen LogP contribution in [0.4, 0.5) is 0 Å². The largest absolute Gasteiger partial charge is 0.389 e. The van der Waals surface area contributed by atoms with E-state index in [1.807, 2.05) is 0 Å². The predicted molar refractivity (Wildman–Crippen MR) is 29.4 cm³/mol. The van der Waals surface area contributed by atoms with Crippen LogP contribution in [0.15, 0.2) is 0 Å². The van der Waals surface area contributed by atoms with Crippen molar-refractivity contribution in [2.45, 2.75) is 18.6 Å². The summed E-state index contributed by atoms with van der Waals surface area (Å²) in [5, 5.41) is 8.93. The van der Waals surface area contributed by atoms with E-state index in [0.29, 0.717) is 13.2 Å². The minimum absolute atomic E-state index is 0.0660. The molecule has 3 nitrogen and oxygen atoms in total. The minimum atomic E-state index is -0.441. The number of aliphatic hydroxyl groups is 1. The normalized spacial score (nSPS) is 39.8. The maximum absolute atomic E-state index is 8.93. The van der Waals surface area contributed by atoms with E-state index in [4.69, 9.17) is 15.6 Å². The van der Waals surface area contributed by atoms with Gasteiger partial charge >= 0.3 is 0 Å². The Kier molecular flexibility index (Phi) is 1.83. The first kappa shape index (κ1) is 6.01. The summed E-state index contributed by atoms with van der Waals surface area (Å²) < 4.78 is 4.92. The van der Waals surface area contributed by atoms with Gasteiger partial charge in [0.05, 0.1) is 12.7 Å². The van der Waals surface area contributed by atoms with Crippen LogP contribution < -0.4 is 5.73 Å². The van der Waals surface area contributed by atoms with E-state index in [0.717, 1.165) is 6.42 Å². The molecule has 0 unspecified atom stereocenters. The lowest BCUT2D eigenvalue weighted by Gasteiger charge is -2.23. The molecule has 3 N–H and O–H groups in total. The van der Waals surface area contributed by atoms with E-state index in [2.05, 4.69) is 0 Å². The highest BCUT2D eigenvalue weighted by atomic mass is 16.5. The molecule has 48 valence electrons. The van der Waals surface area contributed by atoms with Crippen LogP contribution in [0.5, 0.6) is 0 Å². The summed E-state index contributed by atoms with van der Waals surface area (Å²) in [7, 11) is 0. The van der Waals surface area contributed by atoms with Crippen molar-refractivity contribution in [1.82, 2.24) is 0 Å². The van der Waals surface area contributed by atoms with Gasteiger partial charge in [-0.05, 0) is 6.42 Å². The van der Waals surface area contributed by atoms with Crippen molar-refractivity contribution < 1.29 is 9.84 Å². The van der Waals surface area contributed by atoms with Crippen LogP contribution in [0.3, 0.4) is 0 Å². The lowest BCUT2D eigenvalue weighted by atomic mass is 10.1. The summed E-state index contributed by atoms with van der Waals surface area (Å²) in [5.74, 6) is 0. The zero-order valence-electron chi connectivity index (χ0n) is 4.71. The number of hydrogen-bond donors (Lipinski definition) is 2. The Labute approximate surface area is 48.4 Å². The van der Waals surface area contributed by atoms with Gasteiger partial charge in [-0.1, -0.05) is 0 Å². The molecular weight excluding hydrogens is 106 g/mol. The van der Waals surface area contributed by atoms with Crippen molar-refractivity contribution in [2.75, 3.05) is 13.2 Å². The zero-order valence-corrected chi connectivity index (χ0v) is 4.71. The van der Waals surface area contributed by atoms with Gasteiger partial charge in [-0.2, -0.15) is 0 Å². The average Bonchev–Trinajstić information content (AvgIpc) is 1.77. The van der Waals surface area contributed by atoms with Crippen molar-refractivity contribution in [3.05, 3.63) is 0 Å². The molecule has 0 aliphatic carbocycles. The first-order valence-electron chi connectivity index (χ1n) is 2.82. The molecule has 1 fully saturated rings. The van der Waals surface area contributed by atoms with Crippen molar-refractivity contribution in [1.29, 1.82) is 0 Å². The van der Waals surface area contributed by atoms with Crippen LogP contribution in [0.2, 0.25) is 0 Å². The molecule has 1 aliphatic rings. The maximum atomic E-state index is 8.93. The van der Waals surface area contributed by atoms with Crippen LogP contribution in [0, 0.1) is 0 Å². The third kappa shape index (κ3) is 1.18. The van der Waals surface area contributed by atoms with E-state index in [9.17, 15) is 0 Å². The van der Waals surface area contributed by atoms with Gasteiger partial charge in [0.15, 0.2) is 0 Å². The summed E-state index contributed by atoms with van der Waals surface area (Å²) in [6, 6.07) is -0.0660. The minimum Gasteiger partial charge on any atom is -0.389 e. The number of ether oxygens (including phenoxy) is 1. The van der Waals surface area contributed by atoms with E-state index < -0.39 is 6.10 Å². The second-order valence-electron chi connectivity index (χ2n) is 2.09. The maximum Gasteiger partial charge on any atom is 0.0924 e. The van der Waals surface area contributed by atoms with Crippen molar-refractivity contribution >= 4 is 0 Å². The SMILES string of the molecule is N[C@@H]1CCOC[C@H]1O. The van der Waals surface area contributed by atoms with Gasteiger partial charge < -0.3 is 15.6 Å². The number of hydrogen-bond acceptors (Lipinski definition) is 3. The molecule has 1 aliphatic heterocycles. The first-order valence-corrected chi connectivity index (χ1v) is 2.82. The highest BCUT2D eigenvalue weighted by Gasteiger charge is 2.18. The van der Waals surface area contributed by atoms with Crippen LogP contribution in [-0.2, 0) is 4.74 Å². The molecule has 0 amide bonds. The summed E-state index contributed by atoms with van der Waals surface area (Å²) in [6.07, 6.45) is 0.338. The highest BCUT2D eigenvalue weighted by molar-refractivity contribution is 4.74. The number of nitrogens with two attached hydrogens (primary N) is 1. The molecule has 0 aromatic rings. The van der Waals surface area contributed by atoms with E-state index in [1.54, 1.807) is 0 Å². The molecule has 1 rings (SSSR count). The third-order valence-electron chi connectivity index (χ3n) is 1.38. The van der Waals surface area contributed by atoms with Crippen molar-refractivity contribution in [2.24, 2.45) is 5.73 Å². The fourth-order valence-electron chi connectivity index (χ4n) is 0.739. The Balaban J connectivity index is 2.28. The number of rotatable bonds is 0. The van der Waals surface area contributed by atoms with Gasteiger partial charge in [0.1, 0.15) is 0 Å². The Morgan fingerprint density at radius 3 is 2.75 bits per heavy atom. The summed E-state index contributed by atoms with van der Waals surface area (Å²) in [5.41, 5.74) is 5.45. The first-order chi connectivity index (χ1) is 3.80. The molecular formula is C5H11NO2. The molecule has 1 heterocycles. The lowest BCUT2D eigenvalue weighted by Crippen LogP contribution is -2.42. The Morgan fingerprint density at radius 2 is 2.38 bits per heavy atom. The molecule has 2 atom stereocenters. The van der Waals surface area contributed by atoms with Gasteiger partial charge in [0.2, 0.25) is 0 Å². The highest BCUT2D eigenvalue weighted by Crippen LogP contribution is 2.03. The van der Waals surface area contributed by atoms with Gasteiger partial charge in [0.25, 0.3) is 0 Å². The number of aliphatic hydroxyl groups excluding tert-OH is 1. The molecule has 0 aromatic heterocycles. The van der Waals surface area contributed by atoms with Gasteiger partial charge in [0, 0.05) is 12.6 Å². The van der Waals surface area contributed by atoms with Gasteiger partial charge in [-0.25, -0.2) is 0 Å². The Morgan fingerprint density at radius 1 is 1.62 bits per heavy atom. The summed E-state index contributed by atoms with van der Waals surface area (Å²) >= 11 is 0. The van der Waals surface area contributed by atoms with Crippen molar-refractivity contribution in [3.63, 3.8) is 0 Å². The van der Waals surface area contributed by atoms with E-state index >= 15 is 0 Å². The molecule has 0 radical (unpaired) electrons. The average molecular weight is 117 g/mol.